The second-order valence-corrected chi connectivity index (χ2v) is 16.3. The molecular formula is C44H60N4O12. The van der Waals surface area contributed by atoms with Crippen molar-refractivity contribution in [2.45, 2.75) is 92.5 Å². The molecule has 2 aromatic carbocycles. The number of phenols is 3. The summed E-state index contributed by atoms with van der Waals surface area (Å²) in [7, 11) is 1.44. The Bertz CT molecular complexity index is 2090. The molecule has 2 aromatic rings. The van der Waals surface area contributed by atoms with Crippen molar-refractivity contribution in [3.05, 3.63) is 52.8 Å². The van der Waals surface area contributed by atoms with E-state index in [0.29, 0.717) is 13.1 Å². The van der Waals surface area contributed by atoms with E-state index in [1.54, 1.807) is 44.9 Å². The highest BCUT2D eigenvalue weighted by Crippen LogP contribution is 2.55. The Balaban J connectivity index is 1.70. The van der Waals surface area contributed by atoms with Crippen LogP contribution in [0.2, 0.25) is 0 Å². The molecule has 0 aromatic heterocycles. The number of nitrogens with zero attached hydrogens (tertiary/aromatic N) is 3. The summed E-state index contributed by atoms with van der Waals surface area (Å²) in [5.41, 5.74) is -0.339. The van der Waals surface area contributed by atoms with Crippen molar-refractivity contribution in [3.8, 4) is 23.0 Å². The number of nitrogens with one attached hydrogen (secondary N) is 1. The normalized spacial score (nSPS) is 31.7. The first-order valence-corrected chi connectivity index (χ1v) is 20.4. The maximum Gasteiger partial charge on any atom is 0.312 e. The number of allylic oxidation sites excluding steroid dienone is 2. The van der Waals surface area contributed by atoms with Crippen LogP contribution >= 0.6 is 0 Å². The molecule has 1 saturated heterocycles. The van der Waals surface area contributed by atoms with Crippen molar-refractivity contribution in [1.29, 1.82) is 0 Å². The number of methoxy groups -OCH3 is 1. The first kappa shape index (κ1) is 45.9. The Morgan fingerprint density at radius 3 is 2.25 bits per heavy atom. The molecule has 6 rings (SSSR count). The number of rotatable bonds is 5. The van der Waals surface area contributed by atoms with Crippen LogP contribution in [0.1, 0.15) is 76.9 Å². The number of aliphatic hydroxyl groups excluding tert-OH is 2. The van der Waals surface area contributed by atoms with Gasteiger partial charge in [-0.2, -0.15) is 5.10 Å². The number of fused-ring (bicyclic) bond motifs is 14. The lowest BCUT2D eigenvalue weighted by Gasteiger charge is -2.38. The molecule has 4 heterocycles. The third-order valence-corrected chi connectivity index (χ3v) is 12.2. The van der Waals surface area contributed by atoms with Gasteiger partial charge in [0.05, 0.1) is 53.0 Å². The number of likely N-dealkylation sites (N-methyl/N-ethyl adjacent to an activating group) is 1. The molecule has 4 aliphatic heterocycles. The molecule has 5 bridgehead atoms. The van der Waals surface area contributed by atoms with Crippen LogP contribution in [0.3, 0.4) is 0 Å². The predicted molar refractivity (Wildman–Crippen MR) is 225 cm³/mol. The zero-order valence-corrected chi connectivity index (χ0v) is 36.1. The Morgan fingerprint density at radius 1 is 0.967 bits per heavy atom. The highest BCUT2D eigenvalue weighted by atomic mass is 16.7. The molecule has 1 amide bonds. The molecule has 60 heavy (non-hydrogen) atoms. The van der Waals surface area contributed by atoms with E-state index in [0.717, 1.165) is 19.6 Å². The number of benzene rings is 2. The molecule has 328 valence electrons. The lowest BCUT2D eigenvalue weighted by molar-refractivity contribution is -0.160. The fourth-order valence-electron chi connectivity index (χ4n) is 8.18. The smallest absolute Gasteiger partial charge is 0.312 e. The first-order chi connectivity index (χ1) is 28.3. The van der Waals surface area contributed by atoms with Crippen LogP contribution in [0, 0.1) is 30.6 Å². The first-order valence-electron chi connectivity index (χ1n) is 20.4. The van der Waals surface area contributed by atoms with Crippen LogP contribution in [-0.4, -0.2) is 129 Å². The molecule has 0 aliphatic carbocycles. The van der Waals surface area contributed by atoms with E-state index in [2.05, 4.69) is 22.2 Å². The minimum Gasteiger partial charge on any atom is -0.507 e. The number of carbonyl (C=O) groups is 3. The molecule has 6 N–H and O–H groups in total. The van der Waals surface area contributed by atoms with Gasteiger partial charge in [0.2, 0.25) is 0 Å². The molecule has 0 spiro atoms. The van der Waals surface area contributed by atoms with Crippen molar-refractivity contribution in [3.63, 3.8) is 0 Å². The summed E-state index contributed by atoms with van der Waals surface area (Å²) in [5, 5.41) is 67.0. The summed E-state index contributed by atoms with van der Waals surface area (Å²) in [6, 6.07) is 0. The number of aromatic hydroxyl groups is 3. The second kappa shape index (κ2) is 18.6. The van der Waals surface area contributed by atoms with Gasteiger partial charge in [-0.15, -0.1) is 0 Å². The number of carbonyl (C=O) groups excluding carboxylic acids is 3. The van der Waals surface area contributed by atoms with Crippen molar-refractivity contribution < 1.29 is 58.9 Å². The number of Topliss-reactive ketones (excluding diaryl/α,β-unsaturated/α-hetero) is 1. The number of anilines is 1. The fraction of sp³-hybridized carbons (Fsp3) is 0.545. The van der Waals surface area contributed by atoms with Crippen LogP contribution < -0.4 is 10.1 Å². The third-order valence-electron chi connectivity index (χ3n) is 12.2. The van der Waals surface area contributed by atoms with E-state index in [4.69, 9.17) is 18.9 Å². The van der Waals surface area contributed by atoms with Crippen molar-refractivity contribution >= 4 is 40.3 Å². The maximum absolute atomic E-state index is 14.5. The van der Waals surface area contributed by atoms with Gasteiger partial charge in [0, 0.05) is 87.3 Å². The Kier molecular flexibility index (Phi) is 14.3. The highest BCUT2D eigenvalue weighted by molar-refractivity contribution is 6.23. The number of ketones is 1. The number of phenolic OH excluding ortho intramolecular Hbond substituents is 3. The molecule has 0 unspecified atom stereocenters. The summed E-state index contributed by atoms with van der Waals surface area (Å²) in [5.74, 6) is -8.33. The zero-order valence-electron chi connectivity index (χ0n) is 36.1. The molecule has 0 saturated carbocycles. The average molecular weight is 837 g/mol. The quantitative estimate of drug-likeness (QED) is 0.104. The predicted octanol–water partition coefficient (Wildman–Crippen LogP) is 4.73. The summed E-state index contributed by atoms with van der Waals surface area (Å²) >= 11 is 0. The highest BCUT2D eigenvalue weighted by Gasteiger charge is 2.50. The number of ether oxygens (including phenoxy) is 4. The van der Waals surface area contributed by atoms with Crippen LogP contribution in [0.5, 0.6) is 23.0 Å². The van der Waals surface area contributed by atoms with Crippen LogP contribution in [0.4, 0.5) is 5.69 Å². The number of hydrazone groups is 1. The summed E-state index contributed by atoms with van der Waals surface area (Å²) in [6.45, 7) is 18.1. The van der Waals surface area contributed by atoms with E-state index in [-0.39, 0.29) is 44.5 Å². The number of hydrogen-bond acceptors (Lipinski definition) is 15. The minimum absolute atomic E-state index is 0.0572. The van der Waals surface area contributed by atoms with Crippen molar-refractivity contribution in [1.82, 2.24) is 9.91 Å². The number of amides is 1. The van der Waals surface area contributed by atoms with Gasteiger partial charge in [-0.25, -0.2) is 0 Å². The van der Waals surface area contributed by atoms with Crippen molar-refractivity contribution in [2.24, 2.45) is 28.8 Å². The third kappa shape index (κ3) is 8.97. The summed E-state index contributed by atoms with van der Waals surface area (Å²) < 4.78 is 23.6. The van der Waals surface area contributed by atoms with E-state index >= 15 is 0 Å². The summed E-state index contributed by atoms with van der Waals surface area (Å²) in [4.78, 5) is 42.8. The van der Waals surface area contributed by atoms with Crippen LogP contribution in [-0.2, 0) is 23.8 Å². The molecule has 16 nitrogen and oxygen atoms in total. The maximum atomic E-state index is 14.5. The van der Waals surface area contributed by atoms with Gasteiger partial charge in [0.15, 0.2) is 5.75 Å². The van der Waals surface area contributed by atoms with Gasteiger partial charge < -0.3 is 49.8 Å². The molecule has 9 atom stereocenters. The van der Waals surface area contributed by atoms with E-state index in [1.165, 1.54) is 59.4 Å². The SMILES string of the molecule is CCN1CCN(/N=C/c2c3c(O)c4c(O)c(C)c5c(c4c2O)C(=O)[C@@](C)(O/C=C/[C@H](OC)[C@@H](C)[C@@H](OC(C)=O)[C@H](C)[C@H](O)[C@H](C)[C@@H](O)[C@@H](C)/C=C/C=C(/C)C(=O)N3)O5)CC1. The standard InChI is InChI=1S/C44H60N4O12/c1-11-47-16-18-48(19-17-47)45-21-29-34-39(54)32-31(38(29)53)33-41(27(7)37(32)52)60-44(9,42(33)55)58-20-15-30(57-10)24(4)40(59-28(8)49)26(6)36(51)25(5)35(50)22(2)13-12-14-23(3)43(56)46-34/h12-15,20-22,24-26,30,35-36,40,50-54H,11,16-19H2,1-10H3,(H,46,56)/b13-12+,20-15+,23-14-,45-21+/t22-,24+,25+,26+,30-,35-,36+,40+,44-/m0/s1. The second-order valence-electron chi connectivity index (χ2n) is 16.3. The van der Waals surface area contributed by atoms with Crippen molar-refractivity contribution in [2.75, 3.05) is 45.2 Å². The molecule has 1 fully saturated rings. The molecule has 16 heteroatoms. The average Bonchev–Trinajstić information content (AvgIpc) is 3.49. The summed E-state index contributed by atoms with van der Waals surface area (Å²) in [6.07, 6.45) is 4.88. The van der Waals surface area contributed by atoms with E-state index in [1.807, 2.05) is 0 Å². The van der Waals surface area contributed by atoms with Crippen LogP contribution in [0.25, 0.3) is 10.8 Å². The lowest BCUT2D eigenvalue weighted by Crippen LogP contribution is -2.46. The molecule has 4 aliphatic rings. The molecular weight excluding hydrogens is 776 g/mol. The van der Waals surface area contributed by atoms with E-state index < -0.39 is 88.8 Å². The number of piperazine rings is 1. The number of esters is 1. The minimum atomic E-state index is -2.04. The van der Waals surface area contributed by atoms with Gasteiger partial charge in [0.1, 0.15) is 23.4 Å². The Morgan fingerprint density at radius 2 is 1.63 bits per heavy atom. The Labute approximate surface area is 350 Å². The zero-order chi connectivity index (χ0) is 44.4. The van der Waals surface area contributed by atoms with Gasteiger partial charge in [0.25, 0.3) is 11.7 Å². The lowest BCUT2D eigenvalue weighted by atomic mass is 9.78. The fourth-order valence-corrected chi connectivity index (χ4v) is 8.18. The molecule has 0 radical (unpaired) electrons. The van der Waals surface area contributed by atoms with Gasteiger partial charge in [-0.3, -0.25) is 24.3 Å². The van der Waals surface area contributed by atoms with Gasteiger partial charge in [-0.05, 0) is 26.5 Å². The number of hydrogen-bond donors (Lipinski definition) is 6. The van der Waals surface area contributed by atoms with E-state index in [9.17, 15) is 39.9 Å². The van der Waals surface area contributed by atoms with Gasteiger partial charge in [-0.1, -0.05) is 52.8 Å². The monoisotopic (exact) mass is 836 g/mol. The largest absolute Gasteiger partial charge is 0.507 e. The Hall–Kier alpha value is -5.16. The van der Waals surface area contributed by atoms with Gasteiger partial charge >= 0.3 is 11.8 Å². The van der Waals surface area contributed by atoms with Crippen LogP contribution in [0.15, 0.2) is 41.2 Å². The number of aliphatic hydroxyl groups is 2. The topological polar surface area (TPSA) is 220 Å².